The van der Waals surface area contributed by atoms with Gasteiger partial charge in [-0.3, -0.25) is 14.4 Å². The topological polar surface area (TPSA) is 113 Å². The molecule has 0 aromatic heterocycles. The van der Waals surface area contributed by atoms with Crippen LogP contribution in [0.25, 0.3) is 0 Å². The van der Waals surface area contributed by atoms with Crippen LogP contribution in [-0.2, 0) is 23.9 Å². The molecule has 1 aliphatic heterocycles. The summed E-state index contributed by atoms with van der Waals surface area (Å²) in [6.45, 7) is 4.76. The summed E-state index contributed by atoms with van der Waals surface area (Å²) >= 11 is 0. The number of Topliss-reactive ketones (excluding diaryl/α,β-unsaturated/α-hetero) is 1. The molecule has 4 aliphatic carbocycles. The van der Waals surface area contributed by atoms with Crippen molar-refractivity contribution in [2.45, 2.75) is 82.7 Å². The summed E-state index contributed by atoms with van der Waals surface area (Å²) in [4.78, 5) is 36.2. The van der Waals surface area contributed by atoms with Crippen molar-refractivity contribution < 1.29 is 34.1 Å². The lowest BCUT2D eigenvalue weighted by Crippen LogP contribution is -2.67. The van der Waals surface area contributed by atoms with E-state index in [0.29, 0.717) is 12.8 Å². The first kappa shape index (κ1) is 20.3. The number of allylic oxidation sites excluding steroid dienone is 1. The number of carbonyl (C=O) groups is 3. The Labute approximate surface area is 175 Å². The van der Waals surface area contributed by atoms with Gasteiger partial charge < -0.3 is 19.7 Å². The summed E-state index contributed by atoms with van der Waals surface area (Å²) in [6, 6.07) is 0. The van der Waals surface area contributed by atoms with Gasteiger partial charge in [0.1, 0.15) is 11.2 Å². The molecule has 2 N–H and O–H groups in total. The van der Waals surface area contributed by atoms with Gasteiger partial charge in [-0.05, 0) is 49.0 Å². The number of aliphatic hydroxyl groups excluding tert-OH is 1. The maximum Gasteiger partial charge on any atom is 0.303 e. The Morgan fingerprint density at radius 2 is 2.00 bits per heavy atom. The van der Waals surface area contributed by atoms with Crippen LogP contribution in [0.3, 0.4) is 0 Å². The number of hydrogen-bond acceptors (Lipinski definition) is 7. The zero-order chi connectivity index (χ0) is 21.7. The number of ether oxygens (including phenoxy) is 2. The molecule has 0 radical (unpaired) electrons. The number of fused-ring (bicyclic) bond motifs is 3. The van der Waals surface area contributed by atoms with Gasteiger partial charge in [-0.15, -0.1) is 0 Å². The third kappa shape index (κ3) is 2.24. The third-order valence-electron chi connectivity index (χ3n) is 9.32. The molecule has 0 amide bonds. The monoisotopic (exact) mass is 418 g/mol. The molecule has 1 saturated heterocycles. The minimum absolute atomic E-state index is 0.00199. The highest BCUT2D eigenvalue weighted by Crippen LogP contribution is 2.77. The first-order valence-corrected chi connectivity index (χ1v) is 11.0. The minimum atomic E-state index is -1.70. The van der Waals surface area contributed by atoms with Crippen molar-refractivity contribution in [1.29, 1.82) is 0 Å². The lowest BCUT2D eigenvalue weighted by molar-refractivity contribution is -0.205. The molecule has 5 rings (SSSR count). The summed E-state index contributed by atoms with van der Waals surface area (Å²) in [5.41, 5.74) is -2.46. The minimum Gasteiger partial charge on any atom is -0.458 e. The molecular weight excluding hydrogens is 388 g/mol. The smallest absolute Gasteiger partial charge is 0.303 e. The molecule has 1 spiro atoms. The maximum absolute atomic E-state index is 13.0. The van der Waals surface area contributed by atoms with Gasteiger partial charge in [0.15, 0.2) is 12.4 Å². The maximum atomic E-state index is 13.0. The van der Waals surface area contributed by atoms with Crippen molar-refractivity contribution in [2.75, 3.05) is 6.61 Å². The van der Waals surface area contributed by atoms with Crippen molar-refractivity contribution in [2.24, 2.45) is 22.7 Å². The standard InChI is InChI=1S/C23H30O7/c1-12(24)29-11-17(27)22(28)10-18-23(30-18)15-5-4-13-8-14(25)6-7-20(13,2)19(15)16(26)9-21(22,23)3/h8,15-16,18-19,26,28H,4-7,9-11H2,1-3H3/t15-,16+,18+,19+,20+,21-,22+,23+/m1/s1. The predicted molar refractivity (Wildman–Crippen MR) is 104 cm³/mol. The predicted octanol–water partition coefficient (Wildman–Crippen LogP) is 1.48. The van der Waals surface area contributed by atoms with Crippen LogP contribution in [0.5, 0.6) is 0 Å². The number of aliphatic hydroxyl groups is 2. The molecule has 30 heavy (non-hydrogen) atoms. The van der Waals surface area contributed by atoms with Gasteiger partial charge in [0.05, 0.1) is 12.2 Å². The molecule has 164 valence electrons. The van der Waals surface area contributed by atoms with E-state index in [1.54, 1.807) is 6.08 Å². The summed E-state index contributed by atoms with van der Waals surface area (Å²) in [5.74, 6) is -1.01. The zero-order valence-electron chi connectivity index (χ0n) is 17.8. The van der Waals surface area contributed by atoms with Crippen molar-refractivity contribution in [3.8, 4) is 0 Å². The number of ketones is 2. The van der Waals surface area contributed by atoms with Crippen LogP contribution in [0, 0.1) is 22.7 Å². The van der Waals surface area contributed by atoms with Gasteiger partial charge in [0, 0.05) is 25.2 Å². The van der Waals surface area contributed by atoms with Crippen molar-refractivity contribution in [3.05, 3.63) is 11.6 Å². The van der Waals surface area contributed by atoms with Crippen molar-refractivity contribution in [1.82, 2.24) is 0 Å². The second-order valence-electron chi connectivity index (χ2n) is 10.5. The van der Waals surface area contributed by atoms with Crippen molar-refractivity contribution >= 4 is 17.5 Å². The van der Waals surface area contributed by atoms with Crippen molar-refractivity contribution in [3.63, 3.8) is 0 Å². The summed E-state index contributed by atoms with van der Waals surface area (Å²) in [5, 5.41) is 23.0. The molecule has 7 nitrogen and oxygen atoms in total. The second kappa shape index (κ2) is 6.02. The van der Waals surface area contributed by atoms with E-state index in [-0.39, 0.29) is 42.0 Å². The highest BCUT2D eigenvalue weighted by molar-refractivity contribution is 5.92. The Balaban J connectivity index is 1.52. The third-order valence-corrected chi connectivity index (χ3v) is 9.32. The Hall–Kier alpha value is -1.57. The van der Waals surface area contributed by atoms with E-state index >= 15 is 0 Å². The average Bonchev–Trinajstić information content (AvgIpc) is 3.34. The Morgan fingerprint density at radius 3 is 2.70 bits per heavy atom. The van der Waals surface area contributed by atoms with Crippen LogP contribution in [-0.4, -0.2) is 57.8 Å². The fourth-order valence-corrected chi connectivity index (χ4v) is 7.84. The van der Waals surface area contributed by atoms with E-state index < -0.39 is 41.1 Å². The van der Waals surface area contributed by atoms with Crippen LogP contribution in [0.2, 0.25) is 0 Å². The molecule has 0 aromatic rings. The largest absolute Gasteiger partial charge is 0.458 e. The van der Waals surface area contributed by atoms with Gasteiger partial charge in [-0.25, -0.2) is 0 Å². The highest BCUT2D eigenvalue weighted by atomic mass is 16.6. The zero-order valence-corrected chi connectivity index (χ0v) is 17.8. The van der Waals surface area contributed by atoms with Gasteiger partial charge in [-0.2, -0.15) is 0 Å². The lowest BCUT2D eigenvalue weighted by atomic mass is 9.44. The van der Waals surface area contributed by atoms with Crippen LogP contribution < -0.4 is 0 Å². The van der Waals surface area contributed by atoms with Gasteiger partial charge in [-0.1, -0.05) is 19.4 Å². The second-order valence-corrected chi connectivity index (χ2v) is 10.5. The number of rotatable bonds is 3. The van der Waals surface area contributed by atoms with Crippen LogP contribution in [0.1, 0.15) is 59.3 Å². The first-order chi connectivity index (χ1) is 14.0. The molecule has 0 unspecified atom stereocenters. The van der Waals surface area contributed by atoms with E-state index in [9.17, 15) is 24.6 Å². The molecule has 5 aliphatic rings. The number of epoxide rings is 1. The fraction of sp³-hybridized carbons (Fsp3) is 0.783. The molecule has 7 heteroatoms. The van der Waals surface area contributed by atoms with Gasteiger partial charge in [0.25, 0.3) is 0 Å². The molecular formula is C23H30O7. The van der Waals surface area contributed by atoms with Gasteiger partial charge >= 0.3 is 5.97 Å². The Morgan fingerprint density at radius 1 is 1.27 bits per heavy atom. The first-order valence-electron chi connectivity index (χ1n) is 11.0. The molecule has 0 bridgehead atoms. The highest BCUT2D eigenvalue weighted by Gasteiger charge is 2.86. The van der Waals surface area contributed by atoms with E-state index in [2.05, 4.69) is 6.92 Å². The van der Waals surface area contributed by atoms with Crippen LogP contribution in [0.4, 0.5) is 0 Å². The molecule has 3 saturated carbocycles. The molecule has 1 heterocycles. The Bertz CT molecular complexity index is 879. The average molecular weight is 418 g/mol. The summed E-state index contributed by atoms with van der Waals surface area (Å²) < 4.78 is 11.2. The lowest BCUT2D eigenvalue weighted by Gasteiger charge is -2.60. The van der Waals surface area contributed by atoms with Crippen LogP contribution in [0.15, 0.2) is 11.6 Å². The normalized spacial score (nSPS) is 51.1. The number of hydrogen-bond donors (Lipinski definition) is 2. The van der Waals surface area contributed by atoms with Crippen LogP contribution >= 0.6 is 0 Å². The van der Waals surface area contributed by atoms with Gasteiger partial charge in [0.2, 0.25) is 5.78 Å². The number of carbonyl (C=O) groups excluding carboxylic acids is 3. The quantitative estimate of drug-likeness (QED) is 0.527. The van der Waals surface area contributed by atoms with E-state index in [0.717, 1.165) is 18.4 Å². The van der Waals surface area contributed by atoms with E-state index in [4.69, 9.17) is 9.47 Å². The Kier molecular flexibility index (Phi) is 4.08. The summed E-state index contributed by atoms with van der Waals surface area (Å²) in [6.07, 6.45) is 3.94. The molecule has 0 aromatic carbocycles. The molecule has 8 atom stereocenters. The summed E-state index contributed by atoms with van der Waals surface area (Å²) in [7, 11) is 0. The number of esters is 1. The van der Waals surface area contributed by atoms with E-state index in [1.165, 1.54) is 6.92 Å². The fourth-order valence-electron chi connectivity index (χ4n) is 7.84. The van der Waals surface area contributed by atoms with E-state index in [1.807, 2.05) is 6.92 Å². The SMILES string of the molecule is CC(=O)OCC(=O)[C@@]1(O)C[C@@H]2O[C@@]23[C@@H]2CCC4=CC(=O)CC[C@]4(C)[C@@H]2[C@@H](O)C[C@@]31C. The molecule has 4 fully saturated rings.